The van der Waals surface area contributed by atoms with E-state index in [0.717, 1.165) is 5.56 Å². The predicted octanol–water partition coefficient (Wildman–Crippen LogP) is 2.65. The highest BCUT2D eigenvalue weighted by atomic mass is 32.1. The number of amides is 1. The molecule has 1 aromatic carbocycles. The summed E-state index contributed by atoms with van der Waals surface area (Å²) >= 11 is 1.35. The Morgan fingerprint density at radius 3 is 2.50 bits per heavy atom. The van der Waals surface area contributed by atoms with E-state index in [0.29, 0.717) is 10.4 Å². The van der Waals surface area contributed by atoms with E-state index < -0.39 is 11.9 Å². The molecule has 0 radical (unpaired) electrons. The van der Waals surface area contributed by atoms with E-state index >= 15 is 0 Å². The molecule has 0 spiro atoms. The van der Waals surface area contributed by atoms with Crippen LogP contribution >= 0.6 is 11.3 Å². The minimum atomic E-state index is -0.945. The molecule has 0 aliphatic carbocycles. The van der Waals surface area contributed by atoms with Gasteiger partial charge in [-0.25, -0.2) is 0 Å². The van der Waals surface area contributed by atoms with Crippen molar-refractivity contribution in [2.45, 2.75) is 12.8 Å². The summed E-state index contributed by atoms with van der Waals surface area (Å²) in [5, 5.41) is 13.8. The number of rotatable bonds is 5. The van der Waals surface area contributed by atoms with Gasteiger partial charge in [-0.3, -0.25) is 9.59 Å². The Labute approximate surface area is 121 Å². The van der Waals surface area contributed by atoms with E-state index in [9.17, 15) is 14.7 Å². The maximum atomic E-state index is 12.0. The fourth-order valence-corrected chi connectivity index (χ4v) is 2.75. The lowest BCUT2D eigenvalue weighted by molar-refractivity contribution is -0.138. The monoisotopic (exact) mass is 289 g/mol. The quantitative estimate of drug-likeness (QED) is 0.889. The normalized spacial score (nSPS) is 11.8. The van der Waals surface area contributed by atoms with Gasteiger partial charge in [-0.2, -0.15) is 0 Å². The smallest absolute Gasteiger partial charge is 0.312 e. The third-order valence-electron chi connectivity index (χ3n) is 3.04. The van der Waals surface area contributed by atoms with Crippen molar-refractivity contribution in [2.24, 2.45) is 0 Å². The van der Waals surface area contributed by atoms with Crippen molar-refractivity contribution in [1.29, 1.82) is 0 Å². The van der Waals surface area contributed by atoms with Gasteiger partial charge in [0.25, 0.3) is 5.91 Å². The molecule has 4 nitrogen and oxygen atoms in total. The Bertz CT molecular complexity index is 607. The molecule has 2 rings (SSSR count). The SMILES string of the molecule is Cc1ccsc1C(=O)NCC(C(=O)O)c1ccccc1. The number of carbonyl (C=O) groups is 2. The molecule has 2 aromatic rings. The Hall–Kier alpha value is -2.14. The molecule has 5 heteroatoms. The van der Waals surface area contributed by atoms with Crippen molar-refractivity contribution < 1.29 is 14.7 Å². The summed E-state index contributed by atoms with van der Waals surface area (Å²) in [4.78, 5) is 23.9. The second-order valence-corrected chi connectivity index (χ2v) is 5.36. The largest absolute Gasteiger partial charge is 0.481 e. The fourth-order valence-electron chi connectivity index (χ4n) is 1.91. The molecule has 1 aromatic heterocycles. The molecular formula is C15H15NO3S. The van der Waals surface area contributed by atoms with Crippen molar-refractivity contribution in [3.05, 3.63) is 57.8 Å². The zero-order chi connectivity index (χ0) is 14.5. The van der Waals surface area contributed by atoms with Crippen molar-refractivity contribution in [2.75, 3.05) is 6.54 Å². The molecule has 0 bridgehead atoms. The van der Waals surface area contributed by atoms with Crippen molar-refractivity contribution in [3.63, 3.8) is 0 Å². The molecular weight excluding hydrogens is 274 g/mol. The number of hydrogen-bond donors (Lipinski definition) is 2. The third kappa shape index (κ3) is 3.24. The summed E-state index contributed by atoms with van der Waals surface area (Å²) in [6, 6.07) is 10.8. The highest BCUT2D eigenvalue weighted by molar-refractivity contribution is 7.12. The molecule has 2 N–H and O–H groups in total. The lowest BCUT2D eigenvalue weighted by Crippen LogP contribution is -2.31. The fraction of sp³-hybridized carbons (Fsp3) is 0.200. The minimum absolute atomic E-state index is 0.0789. The van der Waals surface area contributed by atoms with Gasteiger partial charge in [0.15, 0.2) is 0 Å². The number of aliphatic carboxylic acids is 1. The highest BCUT2D eigenvalue weighted by Gasteiger charge is 2.21. The van der Waals surface area contributed by atoms with E-state index in [1.807, 2.05) is 24.4 Å². The van der Waals surface area contributed by atoms with Gasteiger partial charge in [0.1, 0.15) is 0 Å². The number of carboxylic acid groups (broad SMARTS) is 1. The van der Waals surface area contributed by atoms with Gasteiger partial charge in [0.05, 0.1) is 10.8 Å². The molecule has 0 aliphatic rings. The lowest BCUT2D eigenvalue weighted by atomic mass is 9.99. The Kier molecular flexibility index (Phi) is 4.53. The van der Waals surface area contributed by atoms with Crippen molar-refractivity contribution >= 4 is 23.2 Å². The summed E-state index contributed by atoms with van der Waals surface area (Å²) in [5.41, 5.74) is 1.59. The van der Waals surface area contributed by atoms with E-state index in [1.54, 1.807) is 24.3 Å². The molecule has 1 unspecified atom stereocenters. The first-order chi connectivity index (χ1) is 9.59. The lowest BCUT2D eigenvalue weighted by Gasteiger charge is -2.13. The van der Waals surface area contributed by atoms with Crippen LogP contribution in [0.1, 0.15) is 26.7 Å². The van der Waals surface area contributed by atoms with Crippen LogP contribution in [0.4, 0.5) is 0 Å². The molecule has 0 saturated carbocycles. The van der Waals surface area contributed by atoms with E-state index in [2.05, 4.69) is 5.32 Å². The van der Waals surface area contributed by atoms with Gasteiger partial charge >= 0.3 is 5.97 Å². The number of benzene rings is 1. The van der Waals surface area contributed by atoms with Gasteiger partial charge in [0.2, 0.25) is 0 Å². The van der Waals surface area contributed by atoms with Gasteiger partial charge in [-0.05, 0) is 29.5 Å². The first-order valence-corrected chi connectivity index (χ1v) is 7.07. The number of nitrogens with one attached hydrogen (secondary N) is 1. The summed E-state index contributed by atoms with van der Waals surface area (Å²) in [7, 11) is 0. The average molecular weight is 289 g/mol. The van der Waals surface area contributed by atoms with Crippen LogP contribution in [0.15, 0.2) is 41.8 Å². The van der Waals surface area contributed by atoms with Crippen LogP contribution in [0.25, 0.3) is 0 Å². The second-order valence-electron chi connectivity index (χ2n) is 4.44. The number of hydrogen-bond acceptors (Lipinski definition) is 3. The number of thiophene rings is 1. The zero-order valence-electron chi connectivity index (χ0n) is 11.0. The van der Waals surface area contributed by atoms with Crippen LogP contribution in [0, 0.1) is 6.92 Å². The van der Waals surface area contributed by atoms with Crippen molar-refractivity contribution in [1.82, 2.24) is 5.32 Å². The Balaban J connectivity index is 2.06. The topological polar surface area (TPSA) is 66.4 Å². The predicted molar refractivity (Wildman–Crippen MR) is 78.2 cm³/mol. The van der Waals surface area contributed by atoms with Crippen LogP contribution in [-0.4, -0.2) is 23.5 Å². The molecule has 0 fully saturated rings. The maximum absolute atomic E-state index is 12.0. The van der Waals surface area contributed by atoms with Crippen LogP contribution in [0.5, 0.6) is 0 Å². The molecule has 1 amide bonds. The first-order valence-electron chi connectivity index (χ1n) is 6.19. The molecule has 1 heterocycles. The second kappa shape index (κ2) is 6.34. The van der Waals surface area contributed by atoms with Crippen LogP contribution in [0.3, 0.4) is 0 Å². The van der Waals surface area contributed by atoms with Crippen LogP contribution < -0.4 is 5.32 Å². The number of carboxylic acids is 1. The van der Waals surface area contributed by atoms with E-state index in [-0.39, 0.29) is 12.5 Å². The minimum Gasteiger partial charge on any atom is -0.481 e. The van der Waals surface area contributed by atoms with Crippen LogP contribution in [-0.2, 0) is 4.79 Å². The summed E-state index contributed by atoms with van der Waals surface area (Å²) in [6.07, 6.45) is 0. The first kappa shape index (κ1) is 14.3. The molecule has 104 valence electrons. The third-order valence-corrected chi connectivity index (χ3v) is 4.05. The van der Waals surface area contributed by atoms with E-state index in [1.165, 1.54) is 11.3 Å². The highest BCUT2D eigenvalue weighted by Crippen LogP contribution is 2.17. The Morgan fingerprint density at radius 1 is 1.25 bits per heavy atom. The van der Waals surface area contributed by atoms with E-state index in [4.69, 9.17) is 0 Å². The maximum Gasteiger partial charge on any atom is 0.312 e. The van der Waals surface area contributed by atoms with Crippen LogP contribution in [0.2, 0.25) is 0 Å². The molecule has 0 aliphatic heterocycles. The number of carbonyl (C=O) groups excluding carboxylic acids is 1. The Morgan fingerprint density at radius 2 is 1.95 bits per heavy atom. The average Bonchev–Trinajstić information content (AvgIpc) is 2.86. The van der Waals surface area contributed by atoms with Gasteiger partial charge in [-0.15, -0.1) is 11.3 Å². The molecule has 1 atom stereocenters. The molecule has 20 heavy (non-hydrogen) atoms. The summed E-state index contributed by atoms with van der Waals surface area (Å²) < 4.78 is 0. The zero-order valence-corrected chi connectivity index (χ0v) is 11.8. The van der Waals surface area contributed by atoms with Gasteiger partial charge < -0.3 is 10.4 Å². The summed E-state index contributed by atoms with van der Waals surface area (Å²) in [5.74, 6) is -1.90. The van der Waals surface area contributed by atoms with Gasteiger partial charge in [-0.1, -0.05) is 30.3 Å². The van der Waals surface area contributed by atoms with Crippen molar-refractivity contribution in [3.8, 4) is 0 Å². The number of aryl methyl sites for hydroxylation is 1. The molecule has 0 saturated heterocycles. The standard InChI is InChI=1S/C15H15NO3S/c1-10-7-8-20-13(10)14(17)16-9-12(15(18)19)11-5-3-2-4-6-11/h2-8,12H,9H2,1H3,(H,16,17)(H,18,19). The summed E-state index contributed by atoms with van der Waals surface area (Å²) in [6.45, 7) is 1.94. The van der Waals surface area contributed by atoms with Gasteiger partial charge in [0, 0.05) is 6.54 Å².